The van der Waals surface area contributed by atoms with Crippen LogP contribution in [0.3, 0.4) is 0 Å². The van der Waals surface area contributed by atoms with Crippen molar-refractivity contribution in [2.45, 2.75) is 13.0 Å². The lowest BCUT2D eigenvalue weighted by atomic mass is 10.2. The molecule has 5 heteroatoms. The minimum Gasteiger partial charge on any atom is -0.488 e. The molecule has 0 saturated carbocycles. The average molecular weight is 287 g/mol. The number of likely N-dealkylation sites (N-methyl/N-ethyl adjacent to an activating group) is 1. The Kier molecular flexibility index (Phi) is 4.76. The van der Waals surface area contributed by atoms with Crippen LogP contribution in [0.4, 0.5) is 0 Å². The first kappa shape index (κ1) is 13.0. The van der Waals surface area contributed by atoms with Crippen molar-refractivity contribution in [1.82, 2.24) is 5.32 Å². The third-order valence-corrected chi connectivity index (χ3v) is 2.66. The molecule has 0 fully saturated rings. The van der Waals surface area contributed by atoms with Crippen molar-refractivity contribution in [3.8, 4) is 5.75 Å². The first-order valence-electron chi connectivity index (χ1n) is 4.95. The van der Waals surface area contributed by atoms with Crippen molar-refractivity contribution in [3.63, 3.8) is 0 Å². The number of hydrogen-bond donors (Lipinski definition) is 2. The average Bonchev–Trinajstić information content (AvgIpc) is 2.21. The molecular weight excluding hydrogens is 272 g/mol. The summed E-state index contributed by atoms with van der Waals surface area (Å²) in [5.74, 6) is 0.253. The number of primary amides is 1. The smallest absolute Gasteiger partial charge is 0.248 e. The second-order valence-electron chi connectivity index (χ2n) is 3.50. The molecule has 0 radical (unpaired) electrons. The largest absolute Gasteiger partial charge is 0.488 e. The molecule has 16 heavy (non-hydrogen) atoms. The van der Waals surface area contributed by atoms with Gasteiger partial charge < -0.3 is 15.8 Å². The van der Waals surface area contributed by atoms with Gasteiger partial charge in [-0.15, -0.1) is 0 Å². The summed E-state index contributed by atoms with van der Waals surface area (Å²) in [6.45, 7) is 2.72. The number of hydrogen-bond acceptors (Lipinski definition) is 3. The highest BCUT2D eigenvalue weighted by atomic mass is 79.9. The van der Waals surface area contributed by atoms with Gasteiger partial charge in [-0.3, -0.25) is 4.79 Å². The predicted molar refractivity (Wildman–Crippen MR) is 66.7 cm³/mol. The van der Waals surface area contributed by atoms with E-state index in [9.17, 15) is 4.79 Å². The second-order valence-corrected chi connectivity index (χ2v) is 4.35. The Balaban J connectivity index is 2.79. The van der Waals surface area contributed by atoms with Gasteiger partial charge in [-0.25, -0.2) is 0 Å². The molecule has 0 saturated heterocycles. The van der Waals surface area contributed by atoms with Crippen molar-refractivity contribution in [1.29, 1.82) is 0 Å². The number of rotatable bonds is 5. The molecule has 1 aromatic carbocycles. The van der Waals surface area contributed by atoms with Gasteiger partial charge in [-0.2, -0.15) is 0 Å². The molecule has 0 bridgehead atoms. The molecule has 0 aromatic heterocycles. The van der Waals surface area contributed by atoms with Gasteiger partial charge in [0.25, 0.3) is 0 Å². The van der Waals surface area contributed by atoms with Crippen LogP contribution in [0.15, 0.2) is 22.7 Å². The molecule has 1 aromatic rings. The fourth-order valence-corrected chi connectivity index (χ4v) is 1.77. The number of nitrogens with one attached hydrogen (secondary N) is 1. The van der Waals surface area contributed by atoms with Gasteiger partial charge in [0, 0.05) is 12.1 Å². The second kappa shape index (κ2) is 5.86. The molecule has 0 heterocycles. The van der Waals surface area contributed by atoms with Gasteiger partial charge in [-0.1, -0.05) is 0 Å². The zero-order valence-electron chi connectivity index (χ0n) is 9.29. The molecule has 1 amide bonds. The van der Waals surface area contributed by atoms with E-state index in [0.29, 0.717) is 11.3 Å². The summed E-state index contributed by atoms with van der Waals surface area (Å²) < 4.78 is 6.39. The molecule has 3 N–H and O–H groups in total. The maximum Gasteiger partial charge on any atom is 0.248 e. The fourth-order valence-electron chi connectivity index (χ4n) is 1.30. The van der Waals surface area contributed by atoms with E-state index >= 15 is 0 Å². The van der Waals surface area contributed by atoms with Crippen molar-refractivity contribution in [3.05, 3.63) is 28.2 Å². The van der Waals surface area contributed by atoms with Crippen LogP contribution in [0.25, 0.3) is 0 Å². The van der Waals surface area contributed by atoms with Crippen LogP contribution in [0.5, 0.6) is 5.75 Å². The number of amides is 1. The lowest BCUT2D eigenvalue weighted by Crippen LogP contribution is -2.26. The molecule has 0 spiro atoms. The Labute approximate surface area is 103 Å². The van der Waals surface area contributed by atoms with Gasteiger partial charge in [0.2, 0.25) is 5.91 Å². The van der Waals surface area contributed by atoms with Gasteiger partial charge in [-0.05, 0) is 48.1 Å². The van der Waals surface area contributed by atoms with Crippen molar-refractivity contribution < 1.29 is 9.53 Å². The van der Waals surface area contributed by atoms with Gasteiger partial charge in [0.15, 0.2) is 0 Å². The normalized spacial score (nSPS) is 12.2. The number of carbonyl (C=O) groups excluding carboxylic acids is 1. The number of carbonyl (C=O) groups is 1. The van der Waals surface area contributed by atoms with Gasteiger partial charge in [0.1, 0.15) is 11.9 Å². The first-order chi connectivity index (χ1) is 7.54. The highest BCUT2D eigenvalue weighted by Crippen LogP contribution is 2.26. The minimum absolute atomic E-state index is 0.0562. The zero-order valence-corrected chi connectivity index (χ0v) is 10.9. The van der Waals surface area contributed by atoms with E-state index in [4.69, 9.17) is 10.5 Å². The van der Waals surface area contributed by atoms with Crippen LogP contribution in [0.1, 0.15) is 17.3 Å². The maximum absolute atomic E-state index is 10.9. The molecule has 0 aliphatic rings. The van der Waals surface area contributed by atoms with E-state index in [2.05, 4.69) is 21.2 Å². The molecule has 0 aliphatic carbocycles. The minimum atomic E-state index is -0.449. The Bertz CT molecular complexity index is 382. The van der Waals surface area contributed by atoms with Crippen LogP contribution in [-0.2, 0) is 0 Å². The lowest BCUT2D eigenvalue weighted by molar-refractivity contribution is 0.1000. The topological polar surface area (TPSA) is 64.3 Å². The quantitative estimate of drug-likeness (QED) is 0.863. The molecule has 1 atom stereocenters. The molecule has 0 aliphatic heterocycles. The number of ether oxygens (including phenoxy) is 1. The Morgan fingerprint density at radius 2 is 2.31 bits per heavy atom. The molecule has 4 nitrogen and oxygen atoms in total. The van der Waals surface area contributed by atoms with Gasteiger partial charge >= 0.3 is 0 Å². The maximum atomic E-state index is 10.9. The highest BCUT2D eigenvalue weighted by molar-refractivity contribution is 9.10. The summed E-state index contributed by atoms with van der Waals surface area (Å²) >= 11 is 3.34. The summed E-state index contributed by atoms with van der Waals surface area (Å²) in [6, 6.07) is 5.04. The van der Waals surface area contributed by atoms with E-state index in [1.165, 1.54) is 0 Å². The zero-order chi connectivity index (χ0) is 12.1. The monoisotopic (exact) mass is 286 g/mol. The SMILES string of the molecule is CNCC(C)Oc1ccc(C(N)=O)cc1Br. The van der Waals surface area contributed by atoms with E-state index in [1.807, 2.05) is 14.0 Å². The van der Waals surface area contributed by atoms with Crippen LogP contribution in [0.2, 0.25) is 0 Å². The molecule has 1 rings (SSSR count). The van der Waals surface area contributed by atoms with Crippen molar-refractivity contribution in [2.75, 3.05) is 13.6 Å². The molecular formula is C11H15BrN2O2. The van der Waals surface area contributed by atoms with Crippen LogP contribution in [0, 0.1) is 0 Å². The van der Waals surface area contributed by atoms with Crippen molar-refractivity contribution >= 4 is 21.8 Å². The van der Waals surface area contributed by atoms with Crippen LogP contribution < -0.4 is 15.8 Å². The number of nitrogens with two attached hydrogens (primary N) is 1. The van der Waals surface area contributed by atoms with E-state index in [0.717, 1.165) is 11.0 Å². The van der Waals surface area contributed by atoms with E-state index < -0.39 is 5.91 Å². The summed E-state index contributed by atoms with van der Waals surface area (Å²) in [7, 11) is 1.87. The van der Waals surface area contributed by atoms with Crippen molar-refractivity contribution in [2.24, 2.45) is 5.73 Å². The highest BCUT2D eigenvalue weighted by Gasteiger charge is 2.09. The summed E-state index contributed by atoms with van der Waals surface area (Å²) in [5.41, 5.74) is 5.63. The van der Waals surface area contributed by atoms with Crippen LogP contribution >= 0.6 is 15.9 Å². The van der Waals surface area contributed by atoms with E-state index in [-0.39, 0.29) is 6.10 Å². The fraction of sp³-hybridized carbons (Fsp3) is 0.364. The van der Waals surface area contributed by atoms with Gasteiger partial charge in [0.05, 0.1) is 4.47 Å². The third kappa shape index (κ3) is 3.50. The van der Waals surface area contributed by atoms with Crippen LogP contribution in [-0.4, -0.2) is 25.6 Å². The Morgan fingerprint density at radius 1 is 1.62 bits per heavy atom. The Hall–Kier alpha value is -1.07. The Morgan fingerprint density at radius 3 is 2.81 bits per heavy atom. The number of benzene rings is 1. The third-order valence-electron chi connectivity index (χ3n) is 2.04. The summed E-state index contributed by atoms with van der Waals surface area (Å²) in [5, 5.41) is 3.02. The lowest BCUT2D eigenvalue weighted by Gasteiger charge is -2.15. The number of halogens is 1. The molecule has 1 unspecified atom stereocenters. The molecule has 88 valence electrons. The standard InChI is InChI=1S/C11H15BrN2O2/c1-7(6-14-2)16-10-4-3-8(11(13)15)5-9(10)12/h3-5,7,14H,6H2,1-2H3,(H2,13,15). The first-order valence-corrected chi connectivity index (χ1v) is 5.74. The summed E-state index contributed by atoms with van der Waals surface area (Å²) in [4.78, 5) is 10.9. The summed E-state index contributed by atoms with van der Waals surface area (Å²) in [6.07, 6.45) is 0.0562. The predicted octanol–water partition coefficient (Wildman–Crippen LogP) is 1.53. The van der Waals surface area contributed by atoms with E-state index in [1.54, 1.807) is 18.2 Å².